The molecule has 0 bridgehead atoms. The number of pyridine rings is 1. The van der Waals surface area contributed by atoms with Crippen LogP contribution in [0.25, 0.3) is 6.08 Å². The molecule has 0 atom stereocenters. The van der Waals surface area contributed by atoms with Gasteiger partial charge in [-0.15, -0.1) is 0 Å². The Labute approximate surface area is 143 Å². The van der Waals surface area contributed by atoms with Gasteiger partial charge in [0, 0.05) is 18.8 Å². The molecular formula is C20H24N2O2. The van der Waals surface area contributed by atoms with E-state index in [-0.39, 0.29) is 5.91 Å². The maximum atomic E-state index is 11.7. The van der Waals surface area contributed by atoms with Crippen LogP contribution in [0.3, 0.4) is 0 Å². The van der Waals surface area contributed by atoms with Gasteiger partial charge in [-0.1, -0.05) is 32.0 Å². The quantitative estimate of drug-likeness (QED) is 0.751. The molecule has 1 heterocycles. The summed E-state index contributed by atoms with van der Waals surface area (Å²) in [7, 11) is 0. The molecule has 1 aromatic carbocycles. The van der Waals surface area contributed by atoms with Gasteiger partial charge in [-0.3, -0.25) is 9.78 Å². The van der Waals surface area contributed by atoms with E-state index in [0.717, 1.165) is 23.4 Å². The van der Waals surface area contributed by atoms with Crippen LogP contribution >= 0.6 is 0 Å². The van der Waals surface area contributed by atoms with E-state index in [1.807, 2.05) is 42.5 Å². The zero-order chi connectivity index (χ0) is 17.2. The lowest BCUT2D eigenvalue weighted by atomic mass is 10.1. The molecule has 1 aromatic heterocycles. The Bertz CT molecular complexity index is 649. The average molecular weight is 324 g/mol. The summed E-state index contributed by atoms with van der Waals surface area (Å²) in [4.78, 5) is 15.9. The number of hydrogen-bond acceptors (Lipinski definition) is 3. The molecule has 0 aliphatic rings. The van der Waals surface area contributed by atoms with Gasteiger partial charge in [-0.05, 0) is 48.2 Å². The van der Waals surface area contributed by atoms with E-state index in [2.05, 4.69) is 24.1 Å². The zero-order valence-corrected chi connectivity index (χ0v) is 14.2. The predicted molar refractivity (Wildman–Crippen MR) is 96.5 cm³/mol. The smallest absolute Gasteiger partial charge is 0.243 e. The molecule has 2 aromatic rings. The van der Waals surface area contributed by atoms with Crippen LogP contribution in [0.1, 0.15) is 31.5 Å². The highest BCUT2D eigenvalue weighted by Gasteiger charge is 1.99. The van der Waals surface area contributed by atoms with E-state index in [9.17, 15) is 4.79 Å². The molecule has 2 rings (SSSR count). The second kappa shape index (κ2) is 9.50. The van der Waals surface area contributed by atoms with Crippen LogP contribution in [0.5, 0.6) is 5.75 Å². The van der Waals surface area contributed by atoms with E-state index in [1.54, 1.807) is 18.3 Å². The molecule has 0 saturated heterocycles. The first-order valence-corrected chi connectivity index (χ1v) is 8.22. The van der Waals surface area contributed by atoms with Crippen molar-refractivity contribution in [3.05, 3.63) is 66.0 Å². The molecular weight excluding hydrogens is 300 g/mol. The molecule has 0 spiro atoms. The van der Waals surface area contributed by atoms with Crippen LogP contribution in [0, 0.1) is 5.92 Å². The molecule has 0 saturated carbocycles. The highest BCUT2D eigenvalue weighted by molar-refractivity contribution is 5.91. The molecule has 4 heteroatoms. The largest absolute Gasteiger partial charge is 0.487 e. The monoisotopic (exact) mass is 324 g/mol. The number of benzene rings is 1. The highest BCUT2D eigenvalue weighted by atomic mass is 16.5. The Balaban J connectivity index is 1.79. The lowest BCUT2D eigenvalue weighted by molar-refractivity contribution is -0.116. The van der Waals surface area contributed by atoms with Gasteiger partial charge < -0.3 is 10.1 Å². The SMILES string of the molecule is CC(C)CCNC(=O)/C=C/c1ccc(OCc2ccccn2)cc1. The van der Waals surface area contributed by atoms with Gasteiger partial charge in [0.1, 0.15) is 12.4 Å². The summed E-state index contributed by atoms with van der Waals surface area (Å²) in [6, 6.07) is 13.4. The van der Waals surface area contributed by atoms with Gasteiger partial charge in [0.25, 0.3) is 0 Å². The predicted octanol–water partition coefficient (Wildman–Crippen LogP) is 3.84. The van der Waals surface area contributed by atoms with Crippen LogP contribution in [-0.2, 0) is 11.4 Å². The summed E-state index contributed by atoms with van der Waals surface area (Å²) in [5.41, 5.74) is 1.85. The van der Waals surface area contributed by atoms with Crippen molar-refractivity contribution >= 4 is 12.0 Å². The Morgan fingerprint density at radius 1 is 1.21 bits per heavy atom. The number of nitrogens with zero attached hydrogens (tertiary/aromatic N) is 1. The minimum atomic E-state index is -0.0638. The third-order valence-electron chi connectivity index (χ3n) is 3.44. The second-order valence-corrected chi connectivity index (χ2v) is 5.99. The van der Waals surface area contributed by atoms with Crippen molar-refractivity contribution < 1.29 is 9.53 Å². The van der Waals surface area contributed by atoms with Crippen LogP contribution < -0.4 is 10.1 Å². The number of ether oxygens (including phenoxy) is 1. The van der Waals surface area contributed by atoms with Crippen molar-refractivity contribution in [2.45, 2.75) is 26.9 Å². The minimum absolute atomic E-state index is 0.0638. The molecule has 126 valence electrons. The first-order chi connectivity index (χ1) is 11.6. The fraction of sp³-hybridized carbons (Fsp3) is 0.300. The standard InChI is InChI=1S/C20H24N2O2/c1-16(2)12-14-22-20(23)11-8-17-6-9-19(10-7-17)24-15-18-5-3-4-13-21-18/h3-11,13,16H,12,14-15H2,1-2H3,(H,22,23)/b11-8+. The normalized spacial score (nSPS) is 11.0. The molecule has 0 radical (unpaired) electrons. The number of carbonyl (C=O) groups excluding carboxylic acids is 1. The van der Waals surface area contributed by atoms with E-state index >= 15 is 0 Å². The van der Waals surface area contributed by atoms with Gasteiger partial charge in [0.05, 0.1) is 5.69 Å². The van der Waals surface area contributed by atoms with Crippen molar-refractivity contribution in [3.63, 3.8) is 0 Å². The Morgan fingerprint density at radius 3 is 2.67 bits per heavy atom. The summed E-state index contributed by atoms with van der Waals surface area (Å²) in [6.45, 7) is 5.42. The van der Waals surface area contributed by atoms with E-state index in [1.165, 1.54) is 0 Å². The Morgan fingerprint density at radius 2 is 2.00 bits per heavy atom. The Kier molecular flexibility index (Phi) is 7.02. The number of hydrogen-bond donors (Lipinski definition) is 1. The van der Waals surface area contributed by atoms with E-state index in [4.69, 9.17) is 4.74 Å². The molecule has 1 N–H and O–H groups in total. The zero-order valence-electron chi connectivity index (χ0n) is 14.2. The molecule has 0 aliphatic carbocycles. The minimum Gasteiger partial charge on any atom is -0.487 e. The summed E-state index contributed by atoms with van der Waals surface area (Å²) >= 11 is 0. The highest BCUT2D eigenvalue weighted by Crippen LogP contribution is 2.14. The second-order valence-electron chi connectivity index (χ2n) is 5.99. The van der Waals surface area contributed by atoms with Crippen LogP contribution in [-0.4, -0.2) is 17.4 Å². The van der Waals surface area contributed by atoms with E-state index < -0.39 is 0 Å². The van der Waals surface area contributed by atoms with Crippen LogP contribution in [0.15, 0.2) is 54.7 Å². The third-order valence-corrected chi connectivity index (χ3v) is 3.44. The maximum absolute atomic E-state index is 11.7. The van der Waals surface area contributed by atoms with Crippen molar-refractivity contribution in [2.24, 2.45) is 5.92 Å². The fourth-order valence-electron chi connectivity index (χ4n) is 2.03. The number of aromatic nitrogens is 1. The van der Waals surface area contributed by atoms with Crippen LogP contribution in [0.4, 0.5) is 0 Å². The number of carbonyl (C=O) groups is 1. The van der Waals surface area contributed by atoms with Gasteiger partial charge in [-0.2, -0.15) is 0 Å². The topological polar surface area (TPSA) is 51.2 Å². The van der Waals surface area contributed by atoms with Crippen LogP contribution in [0.2, 0.25) is 0 Å². The first-order valence-electron chi connectivity index (χ1n) is 8.22. The first kappa shape index (κ1) is 17.7. The number of nitrogens with one attached hydrogen (secondary N) is 1. The third kappa shape index (κ3) is 6.65. The van der Waals surface area contributed by atoms with Gasteiger partial charge in [0.2, 0.25) is 5.91 Å². The molecule has 0 aliphatic heterocycles. The Hall–Kier alpha value is -2.62. The lowest BCUT2D eigenvalue weighted by Gasteiger charge is -2.06. The molecule has 24 heavy (non-hydrogen) atoms. The number of amides is 1. The van der Waals surface area contributed by atoms with Gasteiger partial charge in [0.15, 0.2) is 0 Å². The average Bonchev–Trinajstić information content (AvgIpc) is 2.59. The molecule has 1 amide bonds. The molecule has 0 unspecified atom stereocenters. The van der Waals surface area contributed by atoms with E-state index in [0.29, 0.717) is 19.1 Å². The van der Waals surface area contributed by atoms with Crippen molar-refractivity contribution in [3.8, 4) is 5.75 Å². The van der Waals surface area contributed by atoms with Gasteiger partial charge in [-0.25, -0.2) is 0 Å². The number of rotatable bonds is 8. The van der Waals surface area contributed by atoms with Gasteiger partial charge >= 0.3 is 0 Å². The van der Waals surface area contributed by atoms with Crippen molar-refractivity contribution in [2.75, 3.05) is 6.54 Å². The summed E-state index contributed by atoms with van der Waals surface area (Å²) in [5, 5.41) is 2.88. The summed E-state index contributed by atoms with van der Waals surface area (Å²) < 4.78 is 5.68. The molecule has 4 nitrogen and oxygen atoms in total. The van der Waals surface area contributed by atoms with Crippen molar-refractivity contribution in [1.29, 1.82) is 0 Å². The molecule has 0 fully saturated rings. The summed E-state index contributed by atoms with van der Waals surface area (Å²) in [6.07, 6.45) is 6.10. The fourth-order valence-corrected chi connectivity index (χ4v) is 2.03. The summed E-state index contributed by atoms with van der Waals surface area (Å²) in [5.74, 6) is 1.30. The van der Waals surface area contributed by atoms with Crippen molar-refractivity contribution in [1.82, 2.24) is 10.3 Å². The maximum Gasteiger partial charge on any atom is 0.243 e. The lowest BCUT2D eigenvalue weighted by Crippen LogP contribution is -2.23.